The van der Waals surface area contributed by atoms with E-state index in [4.69, 9.17) is 4.74 Å². The zero-order valence-corrected chi connectivity index (χ0v) is 13.6. The fourth-order valence-electron chi connectivity index (χ4n) is 3.13. The molecule has 0 heterocycles. The summed E-state index contributed by atoms with van der Waals surface area (Å²) in [5, 5.41) is 0. The van der Waals surface area contributed by atoms with E-state index in [0.29, 0.717) is 18.1 Å². The normalized spacial score (nSPS) is 18.2. The highest BCUT2D eigenvalue weighted by Crippen LogP contribution is 2.35. The van der Waals surface area contributed by atoms with Gasteiger partial charge in [-0.25, -0.2) is 4.39 Å². The van der Waals surface area contributed by atoms with Gasteiger partial charge in [0.25, 0.3) is 0 Å². The van der Waals surface area contributed by atoms with Crippen LogP contribution in [0.4, 0.5) is 8.78 Å². The monoisotopic (exact) mass is 308 g/mol. The highest BCUT2D eigenvalue weighted by atomic mass is 19.2. The minimum Gasteiger partial charge on any atom is -0.491 e. The minimum atomic E-state index is -0.870. The zero-order valence-electron chi connectivity index (χ0n) is 13.6. The molecule has 0 spiro atoms. The van der Waals surface area contributed by atoms with E-state index in [1.165, 1.54) is 31.7 Å². The van der Waals surface area contributed by atoms with Crippen molar-refractivity contribution in [2.24, 2.45) is 5.92 Å². The van der Waals surface area contributed by atoms with Gasteiger partial charge in [0.2, 0.25) is 5.82 Å². The third-order valence-electron chi connectivity index (χ3n) is 4.43. The number of rotatable bonds is 7. The lowest BCUT2D eigenvalue weighted by molar-refractivity contribution is 0.314. The average molecular weight is 308 g/mol. The Hall–Kier alpha value is -1.38. The molecule has 0 aliphatic heterocycles. The second kappa shape index (κ2) is 8.30. The summed E-state index contributed by atoms with van der Waals surface area (Å²) >= 11 is 0. The number of ether oxygens (including phenoxy) is 1. The summed E-state index contributed by atoms with van der Waals surface area (Å²) in [6, 6.07) is 3.18. The predicted molar refractivity (Wildman–Crippen MR) is 87.0 cm³/mol. The van der Waals surface area contributed by atoms with Crippen molar-refractivity contribution in [2.45, 2.75) is 58.8 Å². The fraction of sp³-hybridized carbons (Fsp3) is 0.579. The Labute approximate surface area is 132 Å². The molecule has 1 aliphatic carbocycles. The molecule has 0 N–H and O–H groups in total. The van der Waals surface area contributed by atoms with Gasteiger partial charge in [0.05, 0.1) is 6.61 Å². The molecule has 3 heteroatoms. The van der Waals surface area contributed by atoms with Gasteiger partial charge in [-0.1, -0.05) is 38.7 Å². The van der Waals surface area contributed by atoms with Crippen LogP contribution in [-0.4, -0.2) is 6.61 Å². The summed E-state index contributed by atoms with van der Waals surface area (Å²) in [5.74, 6) is -0.949. The SMILES string of the molecule is CCCCC[C@H]1CC=C(c2ccc(OCC)c(F)c2F)CC1. The molecule has 0 unspecified atom stereocenters. The molecule has 0 aromatic heterocycles. The van der Waals surface area contributed by atoms with Gasteiger partial charge in [-0.05, 0) is 49.8 Å². The first-order chi connectivity index (χ1) is 10.7. The van der Waals surface area contributed by atoms with Crippen LogP contribution in [0.2, 0.25) is 0 Å². The average Bonchev–Trinajstić information content (AvgIpc) is 2.53. The predicted octanol–water partition coefficient (Wildman–Crippen LogP) is 6.13. The molecule has 2 rings (SSSR count). The minimum absolute atomic E-state index is 0.00222. The van der Waals surface area contributed by atoms with Crippen LogP contribution in [0.15, 0.2) is 18.2 Å². The number of benzene rings is 1. The van der Waals surface area contributed by atoms with Crippen LogP contribution in [0.1, 0.15) is 64.4 Å². The number of allylic oxidation sites excluding steroid dienone is 2. The van der Waals surface area contributed by atoms with Crippen LogP contribution in [0.3, 0.4) is 0 Å². The van der Waals surface area contributed by atoms with Crippen LogP contribution in [0.25, 0.3) is 5.57 Å². The van der Waals surface area contributed by atoms with Gasteiger partial charge >= 0.3 is 0 Å². The van der Waals surface area contributed by atoms with Crippen molar-refractivity contribution >= 4 is 5.57 Å². The lowest BCUT2D eigenvalue weighted by atomic mass is 9.83. The molecule has 0 saturated carbocycles. The third-order valence-corrected chi connectivity index (χ3v) is 4.43. The van der Waals surface area contributed by atoms with Gasteiger partial charge in [-0.2, -0.15) is 4.39 Å². The maximum atomic E-state index is 14.2. The fourth-order valence-corrected chi connectivity index (χ4v) is 3.13. The third kappa shape index (κ3) is 4.08. The quantitative estimate of drug-likeness (QED) is 0.551. The Morgan fingerprint density at radius 3 is 2.59 bits per heavy atom. The van der Waals surface area contributed by atoms with E-state index in [9.17, 15) is 8.78 Å². The maximum Gasteiger partial charge on any atom is 0.201 e. The molecule has 0 radical (unpaired) electrons. The molecule has 0 amide bonds. The Balaban J connectivity index is 2.05. The molecule has 1 nitrogen and oxygen atoms in total. The Bertz CT molecular complexity index is 522. The largest absolute Gasteiger partial charge is 0.491 e. The van der Waals surface area contributed by atoms with Crippen molar-refractivity contribution in [2.75, 3.05) is 6.61 Å². The van der Waals surface area contributed by atoms with E-state index >= 15 is 0 Å². The van der Waals surface area contributed by atoms with Crippen molar-refractivity contribution in [3.63, 3.8) is 0 Å². The summed E-state index contributed by atoms with van der Waals surface area (Å²) in [6.45, 7) is 4.30. The van der Waals surface area contributed by atoms with E-state index in [0.717, 1.165) is 24.8 Å². The van der Waals surface area contributed by atoms with Crippen molar-refractivity contribution in [1.29, 1.82) is 0 Å². The van der Waals surface area contributed by atoms with E-state index in [-0.39, 0.29) is 5.75 Å². The number of unbranched alkanes of at least 4 members (excludes halogenated alkanes) is 2. The lowest BCUT2D eigenvalue weighted by Gasteiger charge is -2.22. The molecule has 0 bridgehead atoms. The molecular weight excluding hydrogens is 282 g/mol. The standard InChI is InChI=1S/C19H26F2O/c1-3-5-6-7-14-8-10-15(11-9-14)16-12-13-17(22-4-2)19(21)18(16)20/h10,12-14H,3-9,11H2,1-2H3/t14-/m0/s1. The molecule has 1 atom stereocenters. The van der Waals surface area contributed by atoms with Gasteiger partial charge in [-0.15, -0.1) is 0 Å². The molecule has 1 aromatic carbocycles. The topological polar surface area (TPSA) is 9.23 Å². The summed E-state index contributed by atoms with van der Waals surface area (Å²) in [7, 11) is 0. The molecule has 1 aliphatic rings. The molecule has 1 aromatic rings. The first kappa shape index (κ1) is 17.0. The van der Waals surface area contributed by atoms with Crippen molar-refractivity contribution in [3.8, 4) is 5.75 Å². The summed E-state index contributed by atoms with van der Waals surface area (Å²) in [5.41, 5.74) is 1.33. The molecule has 0 saturated heterocycles. The van der Waals surface area contributed by atoms with E-state index in [2.05, 4.69) is 13.0 Å². The number of hydrogen-bond donors (Lipinski definition) is 0. The van der Waals surface area contributed by atoms with E-state index in [1.54, 1.807) is 13.0 Å². The Kier molecular flexibility index (Phi) is 6.41. The molecule has 0 fully saturated rings. The number of hydrogen-bond acceptors (Lipinski definition) is 1. The summed E-state index contributed by atoms with van der Waals surface area (Å²) < 4.78 is 33.3. The highest BCUT2D eigenvalue weighted by Gasteiger charge is 2.20. The zero-order chi connectivity index (χ0) is 15.9. The van der Waals surface area contributed by atoms with Gasteiger partial charge in [0, 0.05) is 5.56 Å². The first-order valence-corrected chi connectivity index (χ1v) is 8.47. The summed E-state index contributed by atoms with van der Waals surface area (Å²) in [6.07, 6.45) is 10.0. The summed E-state index contributed by atoms with van der Waals surface area (Å²) in [4.78, 5) is 0. The van der Waals surface area contributed by atoms with Crippen LogP contribution in [0, 0.1) is 17.6 Å². The van der Waals surface area contributed by atoms with Crippen molar-refractivity contribution < 1.29 is 13.5 Å². The van der Waals surface area contributed by atoms with Crippen LogP contribution in [-0.2, 0) is 0 Å². The van der Waals surface area contributed by atoms with Gasteiger partial charge in [0.1, 0.15) is 0 Å². The van der Waals surface area contributed by atoms with Gasteiger partial charge in [0.15, 0.2) is 11.6 Å². The van der Waals surface area contributed by atoms with Crippen molar-refractivity contribution in [3.05, 3.63) is 35.4 Å². The highest BCUT2D eigenvalue weighted by molar-refractivity contribution is 5.67. The lowest BCUT2D eigenvalue weighted by Crippen LogP contribution is -2.07. The first-order valence-electron chi connectivity index (χ1n) is 8.47. The van der Waals surface area contributed by atoms with Gasteiger partial charge in [-0.3, -0.25) is 0 Å². The Morgan fingerprint density at radius 1 is 1.14 bits per heavy atom. The second-order valence-electron chi connectivity index (χ2n) is 6.04. The molecule has 22 heavy (non-hydrogen) atoms. The number of halogens is 2. The second-order valence-corrected chi connectivity index (χ2v) is 6.04. The van der Waals surface area contributed by atoms with Crippen LogP contribution < -0.4 is 4.74 Å². The van der Waals surface area contributed by atoms with Gasteiger partial charge < -0.3 is 4.74 Å². The van der Waals surface area contributed by atoms with Crippen molar-refractivity contribution in [1.82, 2.24) is 0 Å². The smallest absolute Gasteiger partial charge is 0.201 e. The van der Waals surface area contributed by atoms with E-state index in [1.807, 2.05) is 0 Å². The molecule has 122 valence electrons. The molecular formula is C19H26F2O. The Morgan fingerprint density at radius 2 is 1.95 bits per heavy atom. The maximum absolute atomic E-state index is 14.2. The van der Waals surface area contributed by atoms with E-state index < -0.39 is 11.6 Å². The van der Waals surface area contributed by atoms with Crippen LogP contribution >= 0.6 is 0 Å². The van der Waals surface area contributed by atoms with Crippen LogP contribution in [0.5, 0.6) is 5.75 Å².